The van der Waals surface area contributed by atoms with Gasteiger partial charge in [0, 0.05) is 7.11 Å². The molecule has 0 radical (unpaired) electrons. The van der Waals surface area contributed by atoms with Crippen molar-refractivity contribution < 1.29 is 18.6 Å². The van der Waals surface area contributed by atoms with E-state index in [1.807, 2.05) is 18.2 Å². The minimum atomic E-state index is -1.84. The highest BCUT2D eigenvalue weighted by Crippen LogP contribution is 2.42. The first-order chi connectivity index (χ1) is 12.8. The van der Waals surface area contributed by atoms with Crippen molar-refractivity contribution in [3.8, 4) is 5.75 Å². The average molecular weight is 462 g/mol. The zero-order valence-electron chi connectivity index (χ0n) is 18.0. The molecular formula is C21H37BrO4Si. The molecular weight excluding hydrogens is 424 g/mol. The summed E-state index contributed by atoms with van der Waals surface area (Å²) in [7, 11) is -0.166. The molecule has 0 spiro atoms. The maximum absolute atomic E-state index is 6.56. The van der Waals surface area contributed by atoms with Gasteiger partial charge in [-0.1, -0.05) is 47.6 Å². The third kappa shape index (κ3) is 7.17. The van der Waals surface area contributed by atoms with Crippen molar-refractivity contribution >= 4 is 24.2 Å². The fourth-order valence-corrected chi connectivity index (χ4v) is 9.75. The van der Waals surface area contributed by atoms with Crippen LogP contribution >= 0.6 is 15.9 Å². The van der Waals surface area contributed by atoms with Gasteiger partial charge in [-0.25, -0.2) is 0 Å². The smallest absolute Gasteiger partial charge is 0.200 e. The minimum absolute atomic E-state index is 0.549. The lowest BCUT2D eigenvalue weighted by atomic mass is 10.2. The second kappa shape index (κ2) is 12.2. The van der Waals surface area contributed by atoms with Crippen molar-refractivity contribution in [2.45, 2.75) is 64.8 Å². The summed E-state index contributed by atoms with van der Waals surface area (Å²) in [4.78, 5) is 0. The fourth-order valence-electron chi connectivity index (χ4n) is 3.95. The molecule has 0 aliphatic heterocycles. The molecule has 0 aliphatic rings. The van der Waals surface area contributed by atoms with E-state index in [4.69, 9.17) is 18.6 Å². The van der Waals surface area contributed by atoms with Crippen molar-refractivity contribution in [3.05, 3.63) is 28.2 Å². The fraction of sp³-hybridized carbons (Fsp3) is 0.714. The van der Waals surface area contributed by atoms with Gasteiger partial charge in [0.05, 0.1) is 30.9 Å². The molecule has 0 N–H and O–H groups in total. The molecule has 0 heterocycles. The van der Waals surface area contributed by atoms with Gasteiger partial charge in [0.2, 0.25) is 0 Å². The van der Waals surface area contributed by atoms with E-state index in [2.05, 4.69) is 57.5 Å². The second-order valence-corrected chi connectivity index (χ2v) is 14.1. The number of methoxy groups -OCH3 is 1. The summed E-state index contributed by atoms with van der Waals surface area (Å²) in [6.07, 6.45) is 0. The van der Waals surface area contributed by atoms with Gasteiger partial charge >= 0.3 is 0 Å². The lowest BCUT2D eigenvalue weighted by molar-refractivity contribution is 0.0615. The molecule has 0 aromatic heterocycles. The number of rotatable bonds is 13. The molecule has 1 rings (SSSR count). The third-order valence-electron chi connectivity index (χ3n) is 5.10. The van der Waals surface area contributed by atoms with Crippen LogP contribution in [0.25, 0.3) is 0 Å². The van der Waals surface area contributed by atoms with Crippen LogP contribution < -0.4 is 4.74 Å². The van der Waals surface area contributed by atoms with Crippen molar-refractivity contribution in [2.24, 2.45) is 0 Å². The maximum Gasteiger partial charge on any atom is 0.200 e. The van der Waals surface area contributed by atoms with E-state index in [0.29, 0.717) is 49.7 Å². The summed E-state index contributed by atoms with van der Waals surface area (Å²) in [6.45, 7) is 16.7. The second-order valence-electron chi connectivity index (χ2n) is 7.82. The van der Waals surface area contributed by atoms with Gasteiger partial charge in [-0.15, -0.1) is 0 Å². The van der Waals surface area contributed by atoms with Gasteiger partial charge in [0.1, 0.15) is 12.4 Å². The molecule has 0 fully saturated rings. The summed E-state index contributed by atoms with van der Waals surface area (Å²) >= 11 is 3.57. The Bertz CT molecular complexity index is 527. The van der Waals surface area contributed by atoms with Crippen LogP contribution in [0.5, 0.6) is 5.75 Å². The molecule has 27 heavy (non-hydrogen) atoms. The highest BCUT2D eigenvalue weighted by Gasteiger charge is 2.44. The monoisotopic (exact) mass is 460 g/mol. The van der Waals surface area contributed by atoms with E-state index in [1.165, 1.54) is 0 Å². The third-order valence-corrected chi connectivity index (χ3v) is 11.9. The zero-order chi connectivity index (χ0) is 20.4. The number of hydrogen-bond acceptors (Lipinski definition) is 4. The molecule has 1 aromatic carbocycles. The predicted molar refractivity (Wildman–Crippen MR) is 118 cm³/mol. The number of halogens is 1. The normalized spacial score (nSPS) is 12.4. The Morgan fingerprint density at radius 1 is 0.889 bits per heavy atom. The van der Waals surface area contributed by atoms with Gasteiger partial charge < -0.3 is 18.6 Å². The molecule has 0 unspecified atom stereocenters. The largest absolute Gasteiger partial charge is 0.490 e. The Labute approximate surface area is 175 Å². The summed E-state index contributed by atoms with van der Waals surface area (Å²) < 4.78 is 24.1. The van der Waals surface area contributed by atoms with Gasteiger partial charge in [-0.05, 0) is 50.2 Å². The molecule has 0 atom stereocenters. The summed E-state index contributed by atoms with van der Waals surface area (Å²) in [5.41, 5.74) is 2.82. The predicted octanol–water partition coefficient (Wildman–Crippen LogP) is 6.18. The molecule has 0 saturated carbocycles. The molecule has 0 amide bonds. The van der Waals surface area contributed by atoms with E-state index in [1.54, 1.807) is 7.11 Å². The van der Waals surface area contributed by atoms with Crippen LogP contribution in [-0.2, 0) is 20.5 Å². The Hall–Kier alpha value is -0.403. The van der Waals surface area contributed by atoms with Crippen molar-refractivity contribution in [1.82, 2.24) is 0 Å². The van der Waals surface area contributed by atoms with Crippen molar-refractivity contribution in [1.29, 1.82) is 0 Å². The Kier molecular flexibility index (Phi) is 11.2. The number of hydrogen-bond donors (Lipinski definition) is 0. The topological polar surface area (TPSA) is 36.9 Å². The molecule has 6 heteroatoms. The minimum Gasteiger partial charge on any atom is -0.490 e. The summed E-state index contributed by atoms with van der Waals surface area (Å²) in [5, 5.41) is 0. The maximum atomic E-state index is 6.56. The van der Waals surface area contributed by atoms with Crippen LogP contribution in [0.15, 0.2) is 22.7 Å². The van der Waals surface area contributed by atoms with E-state index in [-0.39, 0.29) is 0 Å². The standard InChI is InChI=1S/C21H37BrO4Si/c1-16(2)27(17(3)4,18(5)6)26-13-12-25-21-14-19(8-9-20(21)22)15-24-11-10-23-7/h8-9,14,16-18H,10-13,15H2,1-7H3. The van der Waals surface area contributed by atoms with Crippen LogP contribution in [0, 0.1) is 0 Å². The summed E-state index contributed by atoms with van der Waals surface area (Å²) in [5.74, 6) is 0.831. The Morgan fingerprint density at radius 3 is 2.07 bits per heavy atom. The summed E-state index contributed by atoms with van der Waals surface area (Å²) in [6, 6.07) is 6.06. The van der Waals surface area contributed by atoms with E-state index in [9.17, 15) is 0 Å². The van der Waals surface area contributed by atoms with Crippen LogP contribution in [-0.4, -0.2) is 41.9 Å². The molecule has 156 valence electrons. The van der Waals surface area contributed by atoms with Gasteiger partial charge in [-0.3, -0.25) is 0 Å². The zero-order valence-corrected chi connectivity index (χ0v) is 20.6. The molecule has 0 saturated heterocycles. The van der Waals surface area contributed by atoms with Gasteiger partial charge in [0.15, 0.2) is 8.32 Å². The van der Waals surface area contributed by atoms with Gasteiger partial charge in [0.25, 0.3) is 0 Å². The average Bonchev–Trinajstić information content (AvgIpc) is 2.60. The van der Waals surface area contributed by atoms with E-state index < -0.39 is 8.32 Å². The first kappa shape index (κ1) is 24.6. The first-order valence-corrected chi connectivity index (χ1v) is 12.8. The molecule has 0 aliphatic carbocycles. The van der Waals surface area contributed by atoms with E-state index >= 15 is 0 Å². The molecule has 1 aromatic rings. The molecule has 4 nitrogen and oxygen atoms in total. The van der Waals surface area contributed by atoms with Crippen molar-refractivity contribution in [3.63, 3.8) is 0 Å². The first-order valence-electron chi connectivity index (χ1n) is 9.87. The Balaban J connectivity index is 2.62. The van der Waals surface area contributed by atoms with E-state index in [0.717, 1.165) is 15.8 Å². The lowest BCUT2D eigenvalue weighted by Gasteiger charge is -2.42. The quantitative estimate of drug-likeness (QED) is 0.260. The van der Waals surface area contributed by atoms with Crippen LogP contribution in [0.4, 0.5) is 0 Å². The molecule has 0 bridgehead atoms. The van der Waals surface area contributed by atoms with Crippen LogP contribution in [0.2, 0.25) is 16.6 Å². The highest BCUT2D eigenvalue weighted by atomic mass is 79.9. The SMILES string of the molecule is COCCOCc1ccc(Br)c(OCCO[Si](C(C)C)(C(C)C)C(C)C)c1. The Morgan fingerprint density at radius 2 is 1.52 bits per heavy atom. The van der Waals surface area contributed by atoms with Crippen molar-refractivity contribution in [2.75, 3.05) is 33.5 Å². The van der Waals surface area contributed by atoms with Gasteiger partial charge in [-0.2, -0.15) is 0 Å². The van der Waals surface area contributed by atoms with Crippen LogP contribution in [0.1, 0.15) is 47.1 Å². The number of benzene rings is 1. The lowest BCUT2D eigenvalue weighted by Crippen LogP contribution is -2.48. The van der Waals surface area contributed by atoms with Crippen LogP contribution in [0.3, 0.4) is 0 Å². The highest BCUT2D eigenvalue weighted by molar-refractivity contribution is 9.10. The number of ether oxygens (including phenoxy) is 3.